The smallest absolute Gasteiger partial charge is 0.422 e. The van der Waals surface area contributed by atoms with Crippen LogP contribution in [-0.4, -0.2) is 50.6 Å². The molecule has 2 aliphatic rings. The molecule has 3 aromatic rings. The lowest BCUT2D eigenvalue weighted by molar-refractivity contribution is -0.153. The third kappa shape index (κ3) is 4.78. The third-order valence-electron chi connectivity index (χ3n) is 7.05. The van der Waals surface area contributed by atoms with Crippen molar-refractivity contribution in [2.45, 2.75) is 44.9 Å². The van der Waals surface area contributed by atoms with Crippen molar-refractivity contribution in [1.82, 2.24) is 19.6 Å². The molecule has 4 heterocycles. The highest BCUT2D eigenvalue weighted by atomic mass is 19.4. The van der Waals surface area contributed by atoms with E-state index in [1.807, 2.05) is 0 Å². The van der Waals surface area contributed by atoms with Gasteiger partial charge in [-0.05, 0) is 62.6 Å². The number of halogens is 4. The highest BCUT2D eigenvalue weighted by molar-refractivity contribution is 5.55. The molecule has 1 aliphatic carbocycles. The Balaban J connectivity index is 1.41. The zero-order chi connectivity index (χ0) is 25.0. The quantitative estimate of drug-likeness (QED) is 0.521. The van der Waals surface area contributed by atoms with Crippen molar-refractivity contribution in [2.24, 2.45) is 17.8 Å². The number of anilines is 1. The first-order valence-electron chi connectivity index (χ1n) is 11.6. The number of pyridine rings is 2. The highest BCUT2D eigenvalue weighted by Crippen LogP contribution is 2.45. The summed E-state index contributed by atoms with van der Waals surface area (Å²) in [7, 11) is 0. The number of alkyl halides is 3. The van der Waals surface area contributed by atoms with E-state index in [1.165, 1.54) is 22.8 Å². The summed E-state index contributed by atoms with van der Waals surface area (Å²) in [6.45, 7) is 3.14. The Morgan fingerprint density at radius 2 is 1.83 bits per heavy atom. The van der Waals surface area contributed by atoms with E-state index >= 15 is 0 Å². The van der Waals surface area contributed by atoms with E-state index in [9.17, 15) is 22.7 Å². The van der Waals surface area contributed by atoms with Gasteiger partial charge in [0.15, 0.2) is 29.6 Å². The van der Waals surface area contributed by atoms with Crippen LogP contribution in [0.5, 0.6) is 5.75 Å². The second kappa shape index (κ2) is 8.61. The second-order valence-electron chi connectivity index (χ2n) is 10.0. The van der Waals surface area contributed by atoms with Gasteiger partial charge >= 0.3 is 6.18 Å². The van der Waals surface area contributed by atoms with E-state index in [1.54, 1.807) is 26.1 Å². The lowest BCUT2D eigenvalue weighted by Gasteiger charge is -2.39. The summed E-state index contributed by atoms with van der Waals surface area (Å²) in [5, 5.41) is 15.1. The standard InChI is InChI=1S/C24H27F4N5O2/c1-23(2,34)20-6-5-19(35-13-24(26,27)28)22-30-21(31-33(20)22)9-16-14-3-4-15(16)12-32(11-14)18-7-8-29-10-17(18)25/h5-8,10,14-16,34H,3-4,9,11-13H2,1-2H3/t14-,15+,16?. The number of fused-ring (bicyclic) bond motifs is 3. The van der Waals surface area contributed by atoms with Crippen LogP contribution in [0.15, 0.2) is 30.6 Å². The molecule has 1 aliphatic heterocycles. The minimum absolute atomic E-state index is 0.0416. The Morgan fingerprint density at radius 3 is 2.46 bits per heavy atom. The Bertz CT molecular complexity index is 1210. The predicted molar refractivity (Wildman–Crippen MR) is 120 cm³/mol. The average Bonchev–Trinajstić information content (AvgIpc) is 3.28. The van der Waals surface area contributed by atoms with Gasteiger partial charge in [0, 0.05) is 25.7 Å². The number of hydrogen-bond acceptors (Lipinski definition) is 6. The lowest BCUT2D eigenvalue weighted by Crippen LogP contribution is -2.43. The molecule has 0 spiro atoms. The van der Waals surface area contributed by atoms with Crippen molar-refractivity contribution >= 4 is 11.3 Å². The number of piperidine rings is 1. The topological polar surface area (TPSA) is 75.8 Å². The Labute approximate surface area is 199 Å². The molecule has 11 heteroatoms. The Kier molecular flexibility index (Phi) is 5.85. The maximum atomic E-state index is 14.3. The highest BCUT2D eigenvalue weighted by Gasteiger charge is 2.43. The van der Waals surface area contributed by atoms with Crippen LogP contribution in [0, 0.1) is 23.6 Å². The summed E-state index contributed by atoms with van der Waals surface area (Å²) in [6.07, 6.45) is 0.902. The fraction of sp³-hybridized carbons (Fsp3) is 0.542. The van der Waals surface area contributed by atoms with E-state index in [2.05, 4.69) is 20.0 Å². The number of aromatic nitrogens is 4. The fourth-order valence-corrected chi connectivity index (χ4v) is 5.50. The molecule has 0 amide bonds. The first-order chi connectivity index (χ1) is 16.5. The molecule has 0 radical (unpaired) electrons. The molecule has 1 unspecified atom stereocenters. The van der Waals surface area contributed by atoms with Crippen LogP contribution in [0.3, 0.4) is 0 Å². The van der Waals surface area contributed by atoms with Crippen LogP contribution in [-0.2, 0) is 12.0 Å². The van der Waals surface area contributed by atoms with E-state index in [4.69, 9.17) is 4.74 Å². The molecular formula is C24H27F4N5O2. The van der Waals surface area contributed by atoms with Crippen molar-refractivity contribution in [3.63, 3.8) is 0 Å². The Hall–Kier alpha value is -2.95. The van der Waals surface area contributed by atoms with Gasteiger partial charge in [0.2, 0.25) is 0 Å². The van der Waals surface area contributed by atoms with Gasteiger partial charge in [-0.1, -0.05) is 0 Å². The molecule has 5 rings (SSSR count). The van der Waals surface area contributed by atoms with Gasteiger partial charge in [-0.3, -0.25) is 4.98 Å². The van der Waals surface area contributed by atoms with Crippen molar-refractivity contribution in [1.29, 1.82) is 0 Å². The number of ether oxygens (including phenoxy) is 1. The molecule has 3 aromatic heterocycles. The summed E-state index contributed by atoms with van der Waals surface area (Å²) < 4.78 is 58.9. The molecular weight excluding hydrogens is 466 g/mol. The average molecular weight is 494 g/mol. The molecule has 1 N–H and O–H groups in total. The lowest BCUT2D eigenvalue weighted by atomic mass is 9.82. The molecule has 35 heavy (non-hydrogen) atoms. The third-order valence-corrected chi connectivity index (χ3v) is 7.05. The molecule has 1 saturated carbocycles. The van der Waals surface area contributed by atoms with Gasteiger partial charge in [0.05, 0.1) is 17.6 Å². The van der Waals surface area contributed by atoms with Gasteiger partial charge < -0.3 is 14.7 Å². The van der Waals surface area contributed by atoms with Gasteiger partial charge in [-0.25, -0.2) is 13.9 Å². The van der Waals surface area contributed by atoms with Crippen LogP contribution in [0.25, 0.3) is 5.65 Å². The van der Waals surface area contributed by atoms with E-state index in [0.717, 1.165) is 12.8 Å². The van der Waals surface area contributed by atoms with Gasteiger partial charge in [0.1, 0.15) is 5.60 Å². The fourth-order valence-electron chi connectivity index (χ4n) is 5.50. The van der Waals surface area contributed by atoms with Crippen molar-refractivity contribution < 1.29 is 27.4 Å². The maximum absolute atomic E-state index is 14.3. The van der Waals surface area contributed by atoms with Crippen LogP contribution in [0.4, 0.5) is 23.2 Å². The SMILES string of the molecule is CC(C)(O)c1ccc(OCC(F)(F)F)c2nc(CC3[C@@H]4CC[C@H]3CN(c3ccncc3F)C4)nn12. The van der Waals surface area contributed by atoms with Crippen LogP contribution in [0.1, 0.15) is 38.2 Å². The van der Waals surface area contributed by atoms with Gasteiger partial charge in [-0.15, -0.1) is 0 Å². The summed E-state index contributed by atoms with van der Waals surface area (Å²) in [5.74, 6) is 1.03. The molecule has 3 atom stereocenters. The van der Waals surface area contributed by atoms with Crippen molar-refractivity contribution in [3.05, 3.63) is 47.9 Å². The second-order valence-corrected chi connectivity index (χ2v) is 10.0. The Morgan fingerprint density at radius 1 is 1.11 bits per heavy atom. The van der Waals surface area contributed by atoms with Gasteiger partial charge in [-0.2, -0.15) is 18.3 Å². The van der Waals surface area contributed by atoms with E-state index in [-0.39, 0.29) is 23.1 Å². The minimum Gasteiger partial charge on any atom is -0.480 e. The zero-order valence-corrected chi connectivity index (χ0v) is 19.5. The minimum atomic E-state index is -4.49. The summed E-state index contributed by atoms with van der Waals surface area (Å²) >= 11 is 0. The van der Waals surface area contributed by atoms with E-state index in [0.29, 0.717) is 48.6 Å². The first kappa shape index (κ1) is 23.8. The number of aliphatic hydroxyl groups is 1. The summed E-state index contributed by atoms with van der Waals surface area (Å²) in [4.78, 5) is 10.4. The summed E-state index contributed by atoms with van der Waals surface area (Å²) in [5.41, 5.74) is -0.184. The molecule has 2 fully saturated rings. The number of nitrogens with zero attached hydrogens (tertiary/aromatic N) is 5. The van der Waals surface area contributed by atoms with Crippen LogP contribution >= 0.6 is 0 Å². The molecule has 7 nitrogen and oxygen atoms in total. The van der Waals surface area contributed by atoms with E-state index < -0.39 is 18.4 Å². The largest absolute Gasteiger partial charge is 0.480 e. The van der Waals surface area contributed by atoms with Gasteiger partial charge in [0.25, 0.3) is 0 Å². The first-order valence-corrected chi connectivity index (χ1v) is 11.6. The molecule has 2 bridgehead atoms. The molecule has 1 saturated heterocycles. The predicted octanol–water partition coefficient (Wildman–Crippen LogP) is 4.14. The normalized spacial score (nSPS) is 22.7. The maximum Gasteiger partial charge on any atom is 0.422 e. The number of hydrogen-bond donors (Lipinski definition) is 1. The molecule has 0 aromatic carbocycles. The number of rotatable bonds is 6. The molecule has 188 valence electrons. The zero-order valence-electron chi connectivity index (χ0n) is 19.5. The van der Waals surface area contributed by atoms with Crippen LogP contribution in [0.2, 0.25) is 0 Å². The monoisotopic (exact) mass is 493 g/mol. The van der Waals surface area contributed by atoms with Crippen molar-refractivity contribution in [2.75, 3.05) is 24.6 Å². The van der Waals surface area contributed by atoms with Crippen molar-refractivity contribution in [3.8, 4) is 5.75 Å². The summed E-state index contributed by atoms with van der Waals surface area (Å²) in [6, 6.07) is 4.58. The van der Waals surface area contributed by atoms with Crippen LogP contribution < -0.4 is 9.64 Å².